The van der Waals surface area contributed by atoms with Crippen molar-refractivity contribution >= 4 is 85.7 Å². The van der Waals surface area contributed by atoms with E-state index in [1.54, 1.807) is 60.7 Å². The van der Waals surface area contributed by atoms with E-state index in [1.807, 2.05) is 47.8 Å². The molecule has 6 rings (SSSR count). The quantitative estimate of drug-likeness (QED) is 0.131. The van der Waals surface area contributed by atoms with Crippen molar-refractivity contribution in [2.24, 2.45) is 0 Å². The highest BCUT2D eigenvalue weighted by atomic mass is 35.5. The first-order valence-electron chi connectivity index (χ1n) is 13.9. The Morgan fingerprint density at radius 1 is 0.804 bits per heavy atom. The summed E-state index contributed by atoms with van der Waals surface area (Å²) in [6, 6.07) is 31.7. The van der Waals surface area contributed by atoms with Crippen molar-refractivity contribution in [2.75, 3.05) is 10.6 Å². The zero-order valence-corrected chi connectivity index (χ0v) is 26.9. The summed E-state index contributed by atoms with van der Waals surface area (Å²) in [5.74, 6) is -1.78. The minimum absolute atomic E-state index is 0.0583. The Morgan fingerprint density at radius 2 is 1.52 bits per heavy atom. The molecule has 1 heterocycles. The third kappa shape index (κ3) is 6.93. The molecule has 0 saturated heterocycles. The summed E-state index contributed by atoms with van der Waals surface area (Å²) in [4.78, 5) is 44.1. The monoisotopic (exact) mass is 683 g/mol. The van der Waals surface area contributed by atoms with Crippen LogP contribution in [0.2, 0.25) is 10.0 Å². The molecule has 0 radical (unpaired) electrons. The highest BCUT2D eigenvalue weighted by Gasteiger charge is 2.24. The predicted octanol–water partition coefficient (Wildman–Crippen LogP) is 9.69. The predicted molar refractivity (Wildman–Crippen MR) is 187 cm³/mol. The number of benzene rings is 5. The number of hydrogen-bond donors (Lipinski definition) is 3. The van der Waals surface area contributed by atoms with E-state index in [0.29, 0.717) is 42.9 Å². The molecule has 7 nitrogen and oxygen atoms in total. The number of nitrogens with one attached hydrogen (secondary N) is 2. The standard InChI is InChI=1S/C35H23Cl2N3O4S2/c36-22-12-17-25(28(37)18-22)29-19-45-35(39-29)40-33(42)31(21-6-2-1-3-7-21)46-24-15-13-23(14-16-24)38-32(41)26-10-4-8-20-9-5-11-27(30(20)26)34(43)44/h1-19,31H,(H,38,41)(H,43,44)(H,39,40,42). The minimum Gasteiger partial charge on any atom is -0.478 e. The van der Waals surface area contributed by atoms with Crippen molar-refractivity contribution in [3.05, 3.63) is 141 Å². The first-order chi connectivity index (χ1) is 22.3. The number of amides is 2. The van der Waals surface area contributed by atoms with Gasteiger partial charge in [0, 0.05) is 37.5 Å². The number of thiazole rings is 1. The summed E-state index contributed by atoms with van der Waals surface area (Å²) < 4.78 is 0. The van der Waals surface area contributed by atoms with Gasteiger partial charge in [-0.15, -0.1) is 23.1 Å². The molecule has 1 aromatic heterocycles. The second-order valence-electron chi connectivity index (χ2n) is 10.1. The van der Waals surface area contributed by atoms with Gasteiger partial charge in [0.15, 0.2) is 5.13 Å². The smallest absolute Gasteiger partial charge is 0.336 e. The first-order valence-corrected chi connectivity index (χ1v) is 16.4. The van der Waals surface area contributed by atoms with Gasteiger partial charge in [-0.25, -0.2) is 9.78 Å². The molecule has 1 unspecified atom stereocenters. The zero-order valence-electron chi connectivity index (χ0n) is 23.7. The van der Waals surface area contributed by atoms with Crippen molar-refractivity contribution in [3.8, 4) is 11.3 Å². The van der Waals surface area contributed by atoms with Gasteiger partial charge in [-0.3, -0.25) is 9.59 Å². The molecule has 0 saturated carbocycles. The van der Waals surface area contributed by atoms with Crippen LogP contribution in [0.15, 0.2) is 119 Å². The Balaban J connectivity index is 1.19. The van der Waals surface area contributed by atoms with E-state index in [-0.39, 0.29) is 17.0 Å². The lowest BCUT2D eigenvalue weighted by molar-refractivity contribution is -0.115. The van der Waals surface area contributed by atoms with Gasteiger partial charge in [-0.2, -0.15) is 0 Å². The van der Waals surface area contributed by atoms with E-state index in [0.717, 1.165) is 10.5 Å². The summed E-state index contributed by atoms with van der Waals surface area (Å²) in [6.45, 7) is 0. The van der Waals surface area contributed by atoms with Crippen LogP contribution in [-0.4, -0.2) is 27.9 Å². The van der Waals surface area contributed by atoms with Gasteiger partial charge < -0.3 is 15.7 Å². The minimum atomic E-state index is -1.11. The molecule has 2 amide bonds. The Hall–Kier alpha value is -4.67. The molecule has 6 aromatic rings. The van der Waals surface area contributed by atoms with Crippen molar-refractivity contribution in [1.82, 2.24) is 4.98 Å². The first kappa shape index (κ1) is 31.3. The fourth-order valence-electron chi connectivity index (χ4n) is 4.88. The van der Waals surface area contributed by atoms with Crippen molar-refractivity contribution in [3.63, 3.8) is 0 Å². The van der Waals surface area contributed by atoms with Crippen LogP contribution in [0.4, 0.5) is 10.8 Å². The van der Waals surface area contributed by atoms with E-state index in [2.05, 4.69) is 15.6 Å². The number of aromatic carboxylic acids is 1. The van der Waals surface area contributed by atoms with Gasteiger partial charge in [0.05, 0.1) is 16.3 Å². The lowest BCUT2D eigenvalue weighted by Gasteiger charge is -2.16. The fourth-order valence-corrected chi connectivity index (χ4v) is 7.13. The van der Waals surface area contributed by atoms with Crippen LogP contribution in [0.3, 0.4) is 0 Å². The maximum absolute atomic E-state index is 13.6. The molecular formula is C35H23Cl2N3O4S2. The average Bonchev–Trinajstić information content (AvgIpc) is 3.51. The number of rotatable bonds is 9. The second kappa shape index (κ2) is 13.8. The molecule has 11 heteroatoms. The second-order valence-corrected chi connectivity index (χ2v) is 12.9. The molecule has 46 heavy (non-hydrogen) atoms. The van der Waals surface area contributed by atoms with Crippen molar-refractivity contribution in [2.45, 2.75) is 10.1 Å². The highest BCUT2D eigenvalue weighted by Crippen LogP contribution is 2.38. The number of carboxylic acid groups (broad SMARTS) is 1. The Kier molecular flexibility index (Phi) is 9.37. The fraction of sp³-hybridized carbons (Fsp3) is 0.0286. The average molecular weight is 685 g/mol. The molecule has 1 atom stereocenters. The number of halogens is 2. The molecule has 3 N–H and O–H groups in total. The summed E-state index contributed by atoms with van der Waals surface area (Å²) in [7, 11) is 0. The Bertz CT molecular complexity index is 2080. The number of aromatic nitrogens is 1. The summed E-state index contributed by atoms with van der Waals surface area (Å²) in [5.41, 5.74) is 3.00. The van der Waals surface area contributed by atoms with Crippen molar-refractivity contribution in [1.29, 1.82) is 0 Å². The number of carbonyl (C=O) groups excluding carboxylic acids is 2. The number of fused-ring (bicyclic) bond motifs is 1. The third-order valence-corrected chi connectivity index (χ3v) is 9.60. The molecular weight excluding hydrogens is 661 g/mol. The van der Waals surface area contributed by atoms with Gasteiger partial charge in [-0.05, 0) is 65.5 Å². The van der Waals surface area contributed by atoms with Crippen LogP contribution in [0.25, 0.3) is 22.0 Å². The van der Waals surface area contributed by atoms with Gasteiger partial charge >= 0.3 is 5.97 Å². The van der Waals surface area contributed by atoms with Crippen LogP contribution in [0.1, 0.15) is 31.5 Å². The van der Waals surface area contributed by atoms with E-state index < -0.39 is 17.1 Å². The van der Waals surface area contributed by atoms with Crippen molar-refractivity contribution < 1.29 is 19.5 Å². The number of nitrogens with zero attached hydrogens (tertiary/aromatic N) is 1. The number of carboxylic acids is 1. The van der Waals surface area contributed by atoms with Crippen LogP contribution in [0.5, 0.6) is 0 Å². The maximum atomic E-state index is 13.6. The van der Waals surface area contributed by atoms with E-state index in [9.17, 15) is 19.5 Å². The molecule has 0 spiro atoms. The third-order valence-electron chi connectivity index (χ3n) is 7.03. The number of anilines is 2. The molecule has 228 valence electrons. The van der Waals surface area contributed by atoms with E-state index in [4.69, 9.17) is 23.2 Å². The lowest BCUT2D eigenvalue weighted by atomic mass is 9.98. The topological polar surface area (TPSA) is 108 Å². The van der Waals surface area contributed by atoms with Gasteiger partial charge in [-0.1, -0.05) is 77.8 Å². The number of thioether (sulfide) groups is 1. The summed E-state index contributed by atoms with van der Waals surface area (Å²) in [6.07, 6.45) is 0. The summed E-state index contributed by atoms with van der Waals surface area (Å²) in [5, 5.41) is 19.2. The largest absolute Gasteiger partial charge is 0.478 e. The molecule has 5 aromatic carbocycles. The number of hydrogen-bond acceptors (Lipinski definition) is 6. The van der Waals surface area contributed by atoms with E-state index in [1.165, 1.54) is 29.2 Å². The Morgan fingerprint density at radius 3 is 2.22 bits per heavy atom. The molecule has 0 aliphatic rings. The van der Waals surface area contributed by atoms with Gasteiger partial charge in [0.25, 0.3) is 5.91 Å². The van der Waals surface area contributed by atoms with Crippen LogP contribution >= 0.6 is 46.3 Å². The molecule has 0 aliphatic carbocycles. The van der Waals surface area contributed by atoms with Gasteiger partial charge in [0.1, 0.15) is 5.25 Å². The Labute approximate surface area is 282 Å². The summed E-state index contributed by atoms with van der Waals surface area (Å²) >= 11 is 15.0. The normalized spacial score (nSPS) is 11.6. The molecule has 0 bridgehead atoms. The zero-order chi connectivity index (χ0) is 32.2. The molecule has 0 fully saturated rings. The lowest BCUT2D eigenvalue weighted by Crippen LogP contribution is -2.19. The van der Waals surface area contributed by atoms with Crippen LogP contribution in [0, 0.1) is 0 Å². The van der Waals surface area contributed by atoms with E-state index >= 15 is 0 Å². The maximum Gasteiger partial charge on any atom is 0.336 e. The van der Waals surface area contributed by atoms with Crippen LogP contribution in [-0.2, 0) is 4.79 Å². The molecule has 0 aliphatic heterocycles. The highest BCUT2D eigenvalue weighted by molar-refractivity contribution is 8.00. The van der Waals surface area contributed by atoms with Gasteiger partial charge in [0.2, 0.25) is 5.91 Å². The van der Waals surface area contributed by atoms with Crippen LogP contribution < -0.4 is 10.6 Å². The SMILES string of the molecule is O=C(O)c1cccc2cccc(C(=O)Nc3ccc(SC(C(=O)Nc4nc(-c5ccc(Cl)cc5Cl)cs4)c4ccccc4)cc3)c12. The number of carbonyl (C=O) groups is 3.